The van der Waals surface area contributed by atoms with Gasteiger partial charge in [-0.15, -0.1) is 0 Å². The second kappa shape index (κ2) is 23.2. The molecule has 0 radical (unpaired) electrons. The van der Waals surface area contributed by atoms with E-state index in [1.807, 2.05) is 0 Å². The second-order valence-electron chi connectivity index (χ2n) is 18.4. The summed E-state index contributed by atoms with van der Waals surface area (Å²) in [6.45, 7) is 6.74. The lowest BCUT2D eigenvalue weighted by atomic mass is 9.72. The van der Waals surface area contributed by atoms with Gasteiger partial charge in [0.15, 0.2) is 0 Å². The predicted molar refractivity (Wildman–Crippen MR) is 286 cm³/mol. The zero-order chi connectivity index (χ0) is 49.3. The zero-order valence-corrected chi connectivity index (χ0v) is 43.2. The molecule has 0 bridgehead atoms. The SMILES string of the molecule is COCCOCCC1(CCOCCOC)c2ccccc2-c2ccc(-c3ccc(-c4ccc(-c5ccc6c(c5)C(CCOCCOC)(CCOCCOC)c5ccccc5-6)c5nsnc45)c4nsnc34)cc21. The molecule has 0 saturated heterocycles. The lowest BCUT2D eigenvalue weighted by Gasteiger charge is -2.32. The van der Waals surface area contributed by atoms with Gasteiger partial charge in [0.1, 0.15) is 22.1 Å². The van der Waals surface area contributed by atoms with Crippen LogP contribution in [0.3, 0.4) is 0 Å². The summed E-state index contributed by atoms with van der Waals surface area (Å²) in [7, 11) is 6.81. The second-order valence-corrected chi connectivity index (χ2v) is 19.5. The third kappa shape index (κ3) is 9.66. The first-order chi connectivity index (χ1) is 35.6. The first-order valence-corrected chi connectivity index (χ1v) is 26.3. The number of hydrogen-bond acceptors (Lipinski definition) is 14. The molecule has 0 spiro atoms. The van der Waals surface area contributed by atoms with Gasteiger partial charge in [0, 0.05) is 88.0 Å². The summed E-state index contributed by atoms with van der Waals surface area (Å²) in [6.07, 6.45) is 3.19. The van der Waals surface area contributed by atoms with Gasteiger partial charge in [0.2, 0.25) is 0 Å². The van der Waals surface area contributed by atoms with Gasteiger partial charge >= 0.3 is 0 Å². The summed E-state index contributed by atoms with van der Waals surface area (Å²) in [5.74, 6) is 0. The molecule has 10 rings (SSSR count). The number of fused-ring (bicyclic) bond motifs is 8. The molecule has 72 heavy (non-hydrogen) atoms. The molecule has 0 amide bonds. The summed E-state index contributed by atoms with van der Waals surface area (Å²) >= 11 is 2.47. The average Bonchev–Trinajstić information content (AvgIpc) is 4.22. The van der Waals surface area contributed by atoms with Crippen molar-refractivity contribution in [2.75, 3.05) is 108 Å². The van der Waals surface area contributed by atoms with Gasteiger partial charge in [0.05, 0.1) is 76.3 Å². The fourth-order valence-corrected chi connectivity index (χ4v) is 12.3. The zero-order valence-electron chi connectivity index (χ0n) is 41.6. The van der Waals surface area contributed by atoms with Crippen LogP contribution >= 0.6 is 23.5 Å². The number of hydrogen-bond donors (Lipinski definition) is 0. The lowest BCUT2D eigenvalue weighted by molar-refractivity contribution is 0.0490. The van der Waals surface area contributed by atoms with E-state index in [2.05, 4.69) is 109 Å². The molecule has 6 aromatic carbocycles. The van der Waals surface area contributed by atoms with E-state index in [9.17, 15) is 0 Å². The van der Waals surface area contributed by atoms with E-state index in [1.54, 1.807) is 28.4 Å². The highest BCUT2D eigenvalue weighted by atomic mass is 32.1. The normalized spacial score (nSPS) is 14.0. The van der Waals surface area contributed by atoms with Crippen LogP contribution in [0.15, 0.2) is 109 Å². The first-order valence-electron chi connectivity index (χ1n) is 24.8. The Hall–Kier alpha value is -5.36. The average molecular weight is 1010 g/mol. The number of methoxy groups -OCH3 is 4. The minimum Gasteiger partial charge on any atom is -0.382 e. The van der Waals surface area contributed by atoms with Gasteiger partial charge < -0.3 is 37.9 Å². The van der Waals surface area contributed by atoms with Crippen molar-refractivity contribution in [3.8, 4) is 55.6 Å². The molecule has 0 N–H and O–H groups in total. The molecule has 0 unspecified atom stereocenters. The first kappa shape index (κ1) is 50.2. The third-order valence-electron chi connectivity index (χ3n) is 14.7. The van der Waals surface area contributed by atoms with Crippen LogP contribution in [-0.4, -0.2) is 125 Å². The molecule has 374 valence electrons. The highest BCUT2D eigenvalue weighted by molar-refractivity contribution is 7.00. The molecule has 2 heterocycles. The van der Waals surface area contributed by atoms with Crippen LogP contribution in [-0.2, 0) is 48.7 Å². The fourth-order valence-electron chi connectivity index (χ4n) is 11.2. The quantitative estimate of drug-likeness (QED) is 0.0455. The maximum atomic E-state index is 6.17. The van der Waals surface area contributed by atoms with E-state index in [4.69, 9.17) is 55.4 Å². The summed E-state index contributed by atoms with van der Waals surface area (Å²) in [5.41, 5.74) is 19.1. The van der Waals surface area contributed by atoms with E-state index >= 15 is 0 Å². The van der Waals surface area contributed by atoms with Gasteiger partial charge in [-0.1, -0.05) is 97.1 Å². The minimum absolute atomic E-state index is 0.326. The molecule has 0 fully saturated rings. The standard InChI is InChI=1S/C58H62N4O8S2/c1-63-29-33-67-25-21-57(22-26-68-34-30-64-2)49-11-7-5-9-43(49)45-15-13-39(37-51(45)57)41-17-19-47(55-53(41)59-71-61-55)48-20-18-42(54-56(48)62-72-60-54)40-14-16-46-44-10-6-8-12-50(44)58(52(46)38-40,23-27-69-35-31-65-3)24-28-70-36-32-66-4/h5-20,37-38H,21-36H2,1-4H3. The van der Waals surface area contributed by atoms with Gasteiger partial charge in [-0.2, -0.15) is 17.5 Å². The highest BCUT2D eigenvalue weighted by Gasteiger charge is 2.44. The number of aromatic nitrogens is 4. The van der Waals surface area contributed by atoms with Crippen molar-refractivity contribution in [3.05, 3.63) is 131 Å². The molecule has 0 saturated carbocycles. The van der Waals surface area contributed by atoms with Crippen LogP contribution in [0.2, 0.25) is 0 Å². The van der Waals surface area contributed by atoms with Crippen LogP contribution in [0.1, 0.15) is 47.9 Å². The van der Waals surface area contributed by atoms with E-state index in [-0.39, 0.29) is 10.8 Å². The van der Waals surface area contributed by atoms with Gasteiger partial charge in [-0.05, 0) is 93.5 Å². The van der Waals surface area contributed by atoms with Crippen LogP contribution < -0.4 is 0 Å². The van der Waals surface area contributed by atoms with Crippen LogP contribution in [0.25, 0.3) is 77.7 Å². The summed E-state index contributed by atoms with van der Waals surface area (Å²) < 4.78 is 65.8. The van der Waals surface area contributed by atoms with E-state index in [1.165, 1.54) is 68.0 Å². The molecule has 8 aromatic rings. The van der Waals surface area contributed by atoms with Gasteiger partial charge in [0.25, 0.3) is 0 Å². The number of benzene rings is 6. The minimum atomic E-state index is -0.326. The number of ether oxygens (including phenoxy) is 8. The Morgan fingerprint density at radius 1 is 0.319 bits per heavy atom. The topological polar surface area (TPSA) is 125 Å². The number of rotatable bonds is 27. The Bertz CT molecular complexity index is 2880. The largest absolute Gasteiger partial charge is 0.382 e. The van der Waals surface area contributed by atoms with Crippen molar-refractivity contribution in [2.45, 2.75) is 36.5 Å². The van der Waals surface area contributed by atoms with Crippen molar-refractivity contribution in [3.63, 3.8) is 0 Å². The Labute approximate surface area is 430 Å². The van der Waals surface area contributed by atoms with Crippen molar-refractivity contribution in [1.82, 2.24) is 17.5 Å². The fraction of sp³-hybridized carbons (Fsp3) is 0.379. The van der Waals surface area contributed by atoms with E-state index < -0.39 is 0 Å². The Balaban J connectivity index is 1.00. The monoisotopic (exact) mass is 1010 g/mol. The van der Waals surface area contributed by atoms with E-state index in [0.29, 0.717) is 79.3 Å². The molecule has 14 heteroatoms. The van der Waals surface area contributed by atoms with Gasteiger partial charge in [-0.3, -0.25) is 0 Å². The highest BCUT2D eigenvalue weighted by Crippen LogP contribution is 2.56. The molecule has 2 aliphatic carbocycles. The number of nitrogens with zero attached hydrogens (tertiary/aromatic N) is 4. The van der Waals surface area contributed by atoms with Crippen molar-refractivity contribution in [1.29, 1.82) is 0 Å². The maximum Gasteiger partial charge on any atom is 0.113 e. The predicted octanol–water partition coefficient (Wildman–Crippen LogP) is 11.4. The van der Waals surface area contributed by atoms with Crippen LogP contribution in [0, 0.1) is 0 Å². The van der Waals surface area contributed by atoms with Crippen LogP contribution in [0.5, 0.6) is 0 Å². The molecular formula is C58H62N4O8S2. The third-order valence-corrected chi connectivity index (χ3v) is 15.8. The van der Waals surface area contributed by atoms with Crippen molar-refractivity contribution in [2.24, 2.45) is 0 Å². The van der Waals surface area contributed by atoms with Gasteiger partial charge in [-0.25, -0.2) is 0 Å². The van der Waals surface area contributed by atoms with E-state index in [0.717, 1.165) is 81.1 Å². The molecule has 2 aliphatic rings. The molecule has 0 aliphatic heterocycles. The summed E-state index contributed by atoms with van der Waals surface area (Å²) in [6, 6.07) is 40.1. The van der Waals surface area contributed by atoms with Crippen LogP contribution in [0.4, 0.5) is 0 Å². The smallest absolute Gasteiger partial charge is 0.113 e. The summed E-state index contributed by atoms with van der Waals surface area (Å²) in [4.78, 5) is 0. The Morgan fingerprint density at radius 3 is 0.986 bits per heavy atom. The molecule has 2 aromatic heterocycles. The molecular weight excluding hydrogens is 945 g/mol. The molecule has 0 atom stereocenters. The Morgan fingerprint density at radius 2 is 0.625 bits per heavy atom. The van der Waals surface area contributed by atoms with Crippen molar-refractivity contribution >= 4 is 45.5 Å². The lowest BCUT2D eigenvalue weighted by Crippen LogP contribution is -2.29. The maximum absolute atomic E-state index is 6.17. The summed E-state index contributed by atoms with van der Waals surface area (Å²) in [5, 5.41) is 0. The molecule has 12 nitrogen and oxygen atoms in total. The Kier molecular flexibility index (Phi) is 16.2. The van der Waals surface area contributed by atoms with Crippen molar-refractivity contribution < 1.29 is 37.9 Å².